The van der Waals surface area contributed by atoms with E-state index >= 15 is 0 Å². The summed E-state index contributed by atoms with van der Waals surface area (Å²) >= 11 is 0. The molecule has 2 aromatic carbocycles. The molecule has 34 heavy (non-hydrogen) atoms. The smallest absolute Gasteiger partial charge is 0.272 e. The average Bonchev–Trinajstić information content (AvgIpc) is 3.22. The lowest BCUT2D eigenvalue weighted by Gasteiger charge is -2.20. The second kappa shape index (κ2) is 11.0. The molecule has 0 bridgehead atoms. The third kappa shape index (κ3) is 5.81. The zero-order valence-corrected chi connectivity index (χ0v) is 19.3. The minimum Gasteiger partial charge on any atom is -0.494 e. The van der Waals surface area contributed by atoms with Gasteiger partial charge in [-0.2, -0.15) is 5.10 Å². The van der Waals surface area contributed by atoms with Crippen LogP contribution in [-0.2, 0) is 19.6 Å². The third-order valence-electron chi connectivity index (χ3n) is 5.75. The molecule has 1 aliphatic rings. The van der Waals surface area contributed by atoms with Crippen molar-refractivity contribution in [2.75, 3.05) is 13.2 Å². The number of unbranched alkanes of at least 4 members (excludes halogenated alkanes) is 1. The largest absolute Gasteiger partial charge is 0.494 e. The predicted octanol–water partition coefficient (Wildman–Crippen LogP) is 4.18. The summed E-state index contributed by atoms with van der Waals surface area (Å²) in [5.74, 6) is -0.0187. The molecule has 0 fully saturated rings. The number of aryl methyl sites for hydroxylation is 1. The monoisotopic (exact) mass is 464 g/mol. The molecule has 0 atom stereocenters. The maximum atomic E-state index is 13.2. The first-order valence-corrected chi connectivity index (χ1v) is 11.6. The number of rotatable bonds is 9. The number of hydrogen-bond acceptors (Lipinski definition) is 4. The molecule has 1 aromatic heterocycles. The van der Waals surface area contributed by atoms with Gasteiger partial charge in [0.2, 0.25) is 0 Å². The summed E-state index contributed by atoms with van der Waals surface area (Å²) in [7, 11) is 0. The van der Waals surface area contributed by atoms with Gasteiger partial charge < -0.3 is 15.0 Å². The zero-order valence-electron chi connectivity index (χ0n) is 19.3. The van der Waals surface area contributed by atoms with E-state index in [0.29, 0.717) is 38.5 Å². The molecule has 0 aliphatic carbocycles. The summed E-state index contributed by atoms with van der Waals surface area (Å²) in [5.41, 5.74) is 2.39. The van der Waals surface area contributed by atoms with Crippen LogP contribution >= 0.6 is 0 Å². The van der Waals surface area contributed by atoms with E-state index in [9.17, 15) is 14.0 Å². The van der Waals surface area contributed by atoms with Crippen LogP contribution in [0.3, 0.4) is 0 Å². The Morgan fingerprint density at radius 1 is 1.09 bits per heavy atom. The molecule has 1 N–H and O–H groups in total. The molecule has 178 valence electrons. The molecule has 3 aromatic rings. The standard InChI is InChI=1S/C26H29FN4O3/c1-2-3-15-34-22-11-7-19(8-12-22)17-28-25(32)23-16-24-26(33)30(13-4-14-31(24)29-23)18-20-5-9-21(27)10-6-20/h5-12,16H,2-4,13-15,17-18H2,1H3,(H,28,32). The van der Waals surface area contributed by atoms with Crippen molar-refractivity contribution in [3.8, 4) is 5.75 Å². The molecule has 2 amide bonds. The molecule has 8 heteroatoms. The molecular weight excluding hydrogens is 435 g/mol. The molecular formula is C26H29FN4O3. The topological polar surface area (TPSA) is 76.5 Å². The number of benzene rings is 2. The number of hydrogen-bond donors (Lipinski definition) is 1. The highest BCUT2D eigenvalue weighted by Gasteiger charge is 2.26. The van der Waals surface area contributed by atoms with Crippen LogP contribution in [0.1, 0.15) is 58.3 Å². The van der Waals surface area contributed by atoms with E-state index in [1.54, 1.807) is 27.8 Å². The molecule has 7 nitrogen and oxygen atoms in total. The van der Waals surface area contributed by atoms with Crippen LogP contribution in [0.25, 0.3) is 0 Å². The molecule has 0 saturated heterocycles. The molecule has 1 aliphatic heterocycles. The summed E-state index contributed by atoms with van der Waals surface area (Å²) in [6.45, 7) is 4.66. The van der Waals surface area contributed by atoms with Crippen LogP contribution < -0.4 is 10.1 Å². The van der Waals surface area contributed by atoms with Gasteiger partial charge in [-0.15, -0.1) is 0 Å². The Balaban J connectivity index is 1.37. The van der Waals surface area contributed by atoms with Crippen molar-refractivity contribution in [2.45, 2.75) is 45.8 Å². The maximum Gasteiger partial charge on any atom is 0.272 e. The van der Waals surface area contributed by atoms with Gasteiger partial charge in [0.05, 0.1) is 6.61 Å². The van der Waals surface area contributed by atoms with Crippen LogP contribution in [0.2, 0.25) is 0 Å². The van der Waals surface area contributed by atoms with Gasteiger partial charge in [-0.25, -0.2) is 4.39 Å². The van der Waals surface area contributed by atoms with Crippen molar-refractivity contribution in [3.63, 3.8) is 0 Å². The number of nitrogens with one attached hydrogen (secondary N) is 1. The van der Waals surface area contributed by atoms with Crippen LogP contribution in [-0.4, -0.2) is 39.6 Å². The predicted molar refractivity (Wildman–Crippen MR) is 126 cm³/mol. The van der Waals surface area contributed by atoms with Gasteiger partial charge in [0.15, 0.2) is 5.69 Å². The first kappa shape index (κ1) is 23.5. The highest BCUT2D eigenvalue weighted by Crippen LogP contribution is 2.17. The minimum atomic E-state index is -0.332. The quantitative estimate of drug-likeness (QED) is 0.482. The van der Waals surface area contributed by atoms with Crippen LogP contribution in [0.5, 0.6) is 5.75 Å². The second-order valence-electron chi connectivity index (χ2n) is 8.37. The Morgan fingerprint density at radius 3 is 2.56 bits per heavy atom. The SMILES string of the molecule is CCCCOc1ccc(CNC(=O)c2cc3n(n2)CCCN(Cc2ccc(F)cc2)C3=O)cc1. The number of nitrogens with zero attached hydrogens (tertiary/aromatic N) is 3. The first-order chi connectivity index (χ1) is 16.5. The maximum absolute atomic E-state index is 13.2. The van der Waals surface area contributed by atoms with Crippen molar-refractivity contribution in [1.82, 2.24) is 20.0 Å². The normalized spacial score (nSPS) is 13.4. The van der Waals surface area contributed by atoms with Crippen LogP contribution in [0.15, 0.2) is 54.6 Å². The molecule has 0 unspecified atom stereocenters. The van der Waals surface area contributed by atoms with Gasteiger partial charge in [0, 0.05) is 32.2 Å². The van der Waals surface area contributed by atoms with Gasteiger partial charge in [-0.3, -0.25) is 14.3 Å². The van der Waals surface area contributed by atoms with Gasteiger partial charge in [0.1, 0.15) is 17.3 Å². The Bertz CT molecular complexity index is 1130. The van der Waals surface area contributed by atoms with Gasteiger partial charge in [-0.05, 0) is 48.2 Å². The number of aromatic nitrogens is 2. The molecule has 0 saturated carbocycles. The van der Waals surface area contributed by atoms with E-state index in [2.05, 4.69) is 17.3 Å². The molecule has 2 heterocycles. The van der Waals surface area contributed by atoms with E-state index in [-0.39, 0.29) is 23.3 Å². The van der Waals surface area contributed by atoms with Gasteiger partial charge >= 0.3 is 0 Å². The Kier molecular flexibility index (Phi) is 7.57. The van der Waals surface area contributed by atoms with Crippen molar-refractivity contribution >= 4 is 11.8 Å². The lowest BCUT2D eigenvalue weighted by atomic mass is 10.2. The summed E-state index contributed by atoms with van der Waals surface area (Å²) in [6.07, 6.45) is 2.81. The van der Waals surface area contributed by atoms with Gasteiger partial charge in [0.25, 0.3) is 11.8 Å². The van der Waals surface area contributed by atoms with Crippen molar-refractivity contribution in [1.29, 1.82) is 0 Å². The number of halogens is 1. The fraction of sp³-hybridized carbons (Fsp3) is 0.346. The van der Waals surface area contributed by atoms with Crippen LogP contribution in [0.4, 0.5) is 4.39 Å². The fourth-order valence-corrected chi connectivity index (χ4v) is 3.82. The Labute approximate surface area is 198 Å². The Morgan fingerprint density at radius 2 is 1.82 bits per heavy atom. The number of fused-ring (bicyclic) bond motifs is 1. The number of carbonyl (C=O) groups is 2. The van der Waals surface area contributed by atoms with E-state index in [1.165, 1.54) is 12.1 Å². The average molecular weight is 465 g/mol. The lowest BCUT2D eigenvalue weighted by molar-refractivity contribution is 0.0745. The van der Waals surface area contributed by atoms with Crippen molar-refractivity contribution in [3.05, 3.63) is 82.9 Å². The second-order valence-corrected chi connectivity index (χ2v) is 8.37. The molecule has 0 radical (unpaired) electrons. The summed E-state index contributed by atoms with van der Waals surface area (Å²) in [4.78, 5) is 27.5. The van der Waals surface area contributed by atoms with Crippen molar-refractivity contribution in [2.24, 2.45) is 0 Å². The fourth-order valence-electron chi connectivity index (χ4n) is 3.82. The highest BCUT2D eigenvalue weighted by atomic mass is 19.1. The summed E-state index contributed by atoms with van der Waals surface area (Å²) in [6, 6.07) is 15.3. The van der Waals surface area contributed by atoms with E-state index in [0.717, 1.165) is 36.1 Å². The summed E-state index contributed by atoms with van der Waals surface area (Å²) in [5, 5.41) is 7.24. The molecule has 4 rings (SSSR count). The number of amides is 2. The Hall–Kier alpha value is -3.68. The lowest BCUT2D eigenvalue weighted by Crippen LogP contribution is -2.30. The number of carbonyl (C=O) groups excluding carboxylic acids is 2. The third-order valence-corrected chi connectivity index (χ3v) is 5.75. The number of ether oxygens (including phenoxy) is 1. The first-order valence-electron chi connectivity index (χ1n) is 11.6. The van der Waals surface area contributed by atoms with E-state index in [1.807, 2.05) is 24.3 Å². The van der Waals surface area contributed by atoms with E-state index < -0.39 is 0 Å². The van der Waals surface area contributed by atoms with E-state index in [4.69, 9.17) is 4.74 Å². The highest BCUT2D eigenvalue weighted by molar-refractivity contribution is 5.98. The summed E-state index contributed by atoms with van der Waals surface area (Å²) < 4.78 is 20.5. The molecule has 0 spiro atoms. The zero-order chi connectivity index (χ0) is 23.9. The van der Waals surface area contributed by atoms with Crippen molar-refractivity contribution < 1.29 is 18.7 Å². The van der Waals surface area contributed by atoms with Crippen LogP contribution in [0, 0.1) is 5.82 Å². The minimum absolute atomic E-state index is 0.188. The van der Waals surface area contributed by atoms with Gasteiger partial charge in [-0.1, -0.05) is 37.6 Å².